The second-order valence-electron chi connectivity index (χ2n) is 10.0. The summed E-state index contributed by atoms with van der Waals surface area (Å²) in [4.78, 5) is 28.3. The molecule has 1 heterocycles. The van der Waals surface area contributed by atoms with Gasteiger partial charge in [-0.3, -0.25) is 4.79 Å². The largest absolute Gasteiger partial charge is 0.480 e. The molecule has 0 aliphatic heterocycles. The number of ether oxygens (including phenoxy) is 1. The van der Waals surface area contributed by atoms with Crippen molar-refractivity contribution in [1.29, 1.82) is 0 Å². The SMILES string of the molecule is COCC1CC(c2nc(C3=CC(F)C(C(=O)NC4(C(=O)O)CC4)C=C3)no2)=CC=C1C1=C(C)C=CCC1. The maximum Gasteiger partial charge on any atom is 0.329 e. The van der Waals surface area contributed by atoms with E-state index in [1.807, 2.05) is 6.08 Å². The summed E-state index contributed by atoms with van der Waals surface area (Å²) in [6.45, 7) is 2.70. The summed E-state index contributed by atoms with van der Waals surface area (Å²) < 4.78 is 26.0. The molecule has 3 unspecified atom stereocenters. The van der Waals surface area contributed by atoms with Crippen LogP contribution in [0.1, 0.15) is 50.7 Å². The zero-order valence-electron chi connectivity index (χ0n) is 20.9. The van der Waals surface area contributed by atoms with E-state index in [2.05, 4.69) is 40.6 Å². The van der Waals surface area contributed by atoms with Crippen molar-refractivity contribution in [2.45, 2.75) is 50.7 Å². The highest BCUT2D eigenvalue weighted by Crippen LogP contribution is 2.39. The van der Waals surface area contributed by atoms with Gasteiger partial charge in [-0.05, 0) is 61.8 Å². The number of methoxy groups -OCH3 is 1. The van der Waals surface area contributed by atoms with E-state index in [1.165, 1.54) is 28.9 Å². The minimum atomic E-state index is -1.64. The summed E-state index contributed by atoms with van der Waals surface area (Å²) in [7, 11) is 1.69. The predicted molar refractivity (Wildman–Crippen MR) is 135 cm³/mol. The lowest BCUT2D eigenvalue weighted by atomic mass is 9.79. The third-order valence-electron chi connectivity index (χ3n) is 7.44. The Morgan fingerprint density at radius 1 is 1.30 bits per heavy atom. The van der Waals surface area contributed by atoms with Gasteiger partial charge in [0.25, 0.3) is 5.89 Å². The maximum absolute atomic E-state index is 14.9. The van der Waals surface area contributed by atoms with Gasteiger partial charge in [-0.1, -0.05) is 41.6 Å². The monoisotopic (exact) mass is 507 g/mol. The number of alkyl halides is 1. The second-order valence-corrected chi connectivity index (χ2v) is 10.0. The second kappa shape index (κ2) is 10.0. The van der Waals surface area contributed by atoms with Gasteiger partial charge in [-0.15, -0.1) is 0 Å². The summed E-state index contributed by atoms with van der Waals surface area (Å²) in [6, 6.07) is 0. The number of carbonyl (C=O) groups is 2. The summed E-state index contributed by atoms with van der Waals surface area (Å²) >= 11 is 0. The first-order chi connectivity index (χ1) is 17.8. The number of aliphatic carboxylic acids is 1. The molecular formula is C28H30FN3O5. The molecule has 0 spiro atoms. The first-order valence-electron chi connectivity index (χ1n) is 12.5. The van der Waals surface area contributed by atoms with Crippen LogP contribution in [0.25, 0.3) is 11.1 Å². The molecule has 1 aromatic rings. The van der Waals surface area contributed by atoms with Gasteiger partial charge in [0.05, 0.1) is 12.5 Å². The zero-order valence-corrected chi connectivity index (χ0v) is 20.9. The Bertz CT molecular complexity index is 1290. The Morgan fingerprint density at radius 3 is 2.78 bits per heavy atom. The Balaban J connectivity index is 1.31. The van der Waals surface area contributed by atoms with Crippen LogP contribution in [0.4, 0.5) is 4.39 Å². The molecular weight excluding hydrogens is 477 g/mol. The number of hydrogen-bond acceptors (Lipinski definition) is 6. The van der Waals surface area contributed by atoms with Crippen molar-refractivity contribution in [3.05, 3.63) is 71.0 Å². The van der Waals surface area contributed by atoms with Crippen LogP contribution >= 0.6 is 0 Å². The molecule has 4 aliphatic carbocycles. The van der Waals surface area contributed by atoms with Crippen LogP contribution in [0.3, 0.4) is 0 Å². The van der Waals surface area contributed by atoms with Crippen LogP contribution in [0.2, 0.25) is 0 Å². The maximum atomic E-state index is 14.9. The predicted octanol–water partition coefficient (Wildman–Crippen LogP) is 4.35. The van der Waals surface area contributed by atoms with Gasteiger partial charge in [0.2, 0.25) is 11.7 Å². The molecule has 1 amide bonds. The molecule has 0 saturated heterocycles. The molecule has 0 aromatic carbocycles. The van der Waals surface area contributed by atoms with Gasteiger partial charge in [0.15, 0.2) is 0 Å². The Morgan fingerprint density at radius 2 is 2.11 bits per heavy atom. The van der Waals surface area contributed by atoms with Crippen molar-refractivity contribution >= 4 is 23.0 Å². The molecule has 5 rings (SSSR count). The molecule has 1 fully saturated rings. The van der Waals surface area contributed by atoms with Gasteiger partial charge in [0.1, 0.15) is 11.7 Å². The fraction of sp³-hybridized carbons (Fsp3) is 0.429. The van der Waals surface area contributed by atoms with Crippen LogP contribution in [0.5, 0.6) is 0 Å². The molecule has 1 saturated carbocycles. The number of allylic oxidation sites excluding steroid dienone is 10. The molecule has 194 valence electrons. The number of hydrogen-bond donors (Lipinski definition) is 2. The van der Waals surface area contributed by atoms with Crippen molar-refractivity contribution in [3.8, 4) is 0 Å². The van der Waals surface area contributed by atoms with Crippen LogP contribution in [0.15, 0.2) is 63.8 Å². The number of halogens is 1. The normalized spacial score (nSPS) is 26.4. The highest BCUT2D eigenvalue weighted by Gasteiger charge is 2.52. The van der Waals surface area contributed by atoms with Crippen molar-refractivity contribution in [3.63, 3.8) is 0 Å². The summed E-state index contributed by atoms with van der Waals surface area (Å²) in [5, 5.41) is 15.8. The third kappa shape index (κ3) is 5.00. The average Bonchev–Trinajstić information content (AvgIpc) is 3.50. The fourth-order valence-electron chi connectivity index (χ4n) is 5.12. The molecule has 4 aliphatic rings. The topological polar surface area (TPSA) is 115 Å². The number of nitrogens with one attached hydrogen (secondary N) is 1. The molecule has 9 heteroatoms. The fourth-order valence-corrected chi connectivity index (χ4v) is 5.12. The van der Waals surface area contributed by atoms with Crippen molar-refractivity contribution in [2.24, 2.45) is 11.8 Å². The smallest absolute Gasteiger partial charge is 0.329 e. The van der Waals surface area contributed by atoms with Gasteiger partial charge < -0.3 is 19.7 Å². The van der Waals surface area contributed by atoms with Gasteiger partial charge in [0, 0.05) is 24.2 Å². The highest BCUT2D eigenvalue weighted by molar-refractivity contribution is 5.92. The van der Waals surface area contributed by atoms with Crippen LogP contribution in [0, 0.1) is 11.8 Å². The molecule has 2 N–H and O–H groups in total. The quantitative estimate of drug-likeness (QED) is 0.538. The van der Waals surface area contributed by atoms with Gasteiger partial charge >= 0.3 is 5.97 Å². The number of carboxylic acid groups (broad SMARTS) is 1. The Hall–Kier alpha value is -3.59. The number of nitrogens with zero attached hydrogens (tertiary/aromatic N) is 2. The standard InChI is InChI=1S/C28H30FN3O5/c1-16-5-3-4-6-20(16)21-9-8-18(13-19(21)15-36-2)26-30-24(32-37-26)17-7-10-22(23(29)14-17)25(33)31-28(11-12-28)27(34)35/h3,5,7-10,14,19,22-23H,4,6,11-13,15H2,1-2H3,(H,31,33)(H,34,35). The van der Waals surface area contributed by atoms with E-state index in [1.54, 1.807) is 13.2 Å². The highest BCUT2D eigenvalue weighted by atomic mass is 19.1. The molecule has 3 atom stereocenters. The van der Waals surface area contributed by atoms with E-state index >= 15 is 0 Å². The van der Waals surface area contributed by atoms with Crippen LogP contribution in [-0.4, -0.2) is 52.6 Å². The lowest BCUT2D eigenvalue weighted by Gasteiger charge is -2.27. The summed E-state index contributed by atoms with van der Waals surface area (Å²) in [6.07, 6.45) is 14.5. The number of aromatic nitrogens is 2. The van der Waals surface area contributed by atoms with Gasteiger partial charge in [-0.25, -0.2) is 9.18 Å². The lowest BCUT2D eigenvalue weighted by molar-refractivity contribution is -0.143. The summed E-state index contributed by atoms with van der Waals surface area (Å²) in [5.74, 6) is -2.11. The molecule has 37 heavy (non-hydrogen) atoms. The number of rotatable bonds is 8. The summed E-state index contributed by atoms with van der Waals surface area (Å²) in [5.41, 5.74) is 3.92. The van der Waals surface area contributed by atoms with E-state index in [4.69, 9.17) is 9.26 Å². The van der Waals surface area contributed by atoms with Crippen molar-refractivity contribution < 1.29 is 28.3 Å². The van der Waals surface area contributed by atoms with Gasteiger partial charge in [-0.2, -0.15) is 4.98 Å². The Kier molecular flexibility index (Phi) is 6.81. The number of carboxylic acids is 1. The van der Waals surface area contributed by atoms with E-state index in [9.17, 15) is 19.1 Å². The van der Waals surface area contributed by atoms with Crippen molar-refractivity contribution in [2.75, 3.05) is 13.7 Å². The first kappa shape index (κ1) is 25.1. The van der Waals surface area contributed by atoms with E-state index < -0.39 is 29.5 Å². The molecule has 8 nitrogen and oxygen atoms in total. The van der Waals surface area contributed by atoms with E-state index in [0.717, 1.165) is 18.4 Å². The molecule has 0 radical (unpaired) electrons. The molecule has 0 bridgehead atoms. The van der Waals surface area contributed by atoms with E-state index in [-0.39, 0.29) is 11.7 Å². The Labute approximate surface area is 214 Å². The number of amides is 1. The van der Waals surface area contributed by atoms with Crippen molar-refractivity contribution in [1.82, 2.24) is 15.5 Å². The average molecular weight is 508 g/mol. The van der Waals surface area contributed by atoms with Crippen LogP contribution < -0.4 is 5.32 Å². The minimum Gasteiger partial charge on any atom is -0.480 e. The van der Waals surface area contributed by atoms with E-state index in [0.29, 0.717) is 37.3 Å². The molecule has 1 aromatic heterocycles. The first-order valence-corrected chi connectivity index (χ1v) is 12.5. The number of carbonyl (C=O) groups excluding carboxylic acids is 1. The lowest BCUT2D eigenvalue weighted by Crippen LogP contribution is -2.47. The van der Waals surface area contributed by atoms with Crippen LogP contribution in [-0.2, 0) is 14.3 Å². The third-order valence-corrected chi connectivity index (χ3v) is 7.44. The minimum absolute atomic E-state index is 0.153. The zero-order chi connectivity index (χ0) is 26.2.